The maximum atomic E-state index is 12.4. The van der Waals surface area contributed by atoms with Crippen LogP contribution < -0.4 is 16.4 Å². The Hall–Kier alpha value is -1.88. The Balaban J connectivity index is 2.00. The van der Waals surface area contributed by atoms with Gasteiger partial charge in [0.1, 0.15) is 0 Å². The van der Waals surface area contributed by atoms with E-state index >= 15 is 0 Å². The topological polar surface area (TPSA) is 84.2 Å². The Morgan fingerprint density at radius 3 is 2.52 bits per heavy atom. The third-order valence-electron chi connectivity index (χ3n) is 4.40. The van der Waals surface area contributed by atoms with Gasteiger partial charge in [0.2, 0.25) is 11.8 Å². The molecule has 1 aromatic carbocycles. The van der Waals surface area contributed by atoms with Crippen LogP contribution in [0.2, 0.25) is 0 Å². The Morgan fingerprint density at radius 2 is 2.00 bits per heavy atom. The van der Waals surface area contributed by atoms with Gasteiger partial charge in [-0.2, -0.15) is 0 Å². The molecule has 0 aliphatic heterocycles. The summed E-state index contributed by atoms with van der Waals surface area (Å²) in [5.74, 6) is -0.0530. The highest BCUT2D eigenvalue weighted by Gasteiger charge is 2.42. The number of hydrogen-bond donors (Lipinski definition) is 3. The second-order valence-corrected chi connectivity index (χ2v) is 5.92. The fourth-order valence-electron chi connectivity index (χ4n) is 2.73. The molecule has 2 amide bonds. The lowest BCUT2D eigenvalue weighted by Gasteiger charge is -2.27. The van der Waals surface area contributed by atoms with E-state index in [9.17, 15) is 9.59 Å². The predicted octanol–water partition coefficient (Wildman–Crippen LogP) is 1.43. The van der Waals surface area contributed by atoms with Crippen molar-refractivity contribution < 1.29 is 9.59 Å². The molecule has 114 valence electrons. The van der Waals surface area contributed by atoms with Crippen molar-refractivity contribution in [2.75, 3.05) is 12.4 Å². The summed E-state index contributed by atoms with van der Waals surface area (Å²) in [6.45, 7) is 1.93. The van der Waals surface area contributed by atoms with Crippen molar-refractivity contribution in [1.29, 1.82) is 0 Å². The van der Waals surface area contributed by atoms with Crippen LogP contribution in [0.25, 0.3) is 0 Å². The average molecular weight is 289 g/mol. The summed E-state index contributed by atoms with van der Waals surface area (Å²) in [4.78, 5) is 23.7. The standard InChI is InChI=1S/C16H23N3O2/c1-16(9-3-4-13(16)17)15(21)19-12-7-5-11(6-8-12)10-14(20)18-2/h5-8,13H,3-4,9-10,17H2,1-2H3,(H,18,20)(H,19,21). The average Bonchev–Trinajstić information content (AvgIpc) is 2.82. The van der Waals surface area contributed by atoms with E-state index < -0.39 is 5.41 Å². The summed E-state index contributed by atoms with van der Waals surface area (Å²) in [5, 5.41) is 5.51. The number of nitrogens with two attached hydrogens (primary N) is 1. The molecule has 4 N–H and O–H groups in total. The minimum absolute atomic E-state index is 0.0217. The van der Waals surface area contributed by atoms with Crippen molar-refractivity contribution >= 4 is 17.5 Å². The quantitative estimate of drug-likeness (QED) is 0.784. The molecular weight excluding hydrogens is 266 g/mol. The van der Waals surface area contributed by atoms with Crippen LogP contribution in [0, 0.1) is 5.41 Å². The van der Waals surface area contributed by atoms with Crippen LogP contribution in [-0.4, -0.2) is 24.9 Å². The summed E-state index contributed by atoms with van der Waals surface area (Å²) in [5.41, 5.74) is 7.22. The number of amides is 2. The molecule has 2 atom stereocenters. The predicted molar refractivity (Wildman–Crippen MR) is 82.8 cm³/mol. The van der Waals surface area contributed by atoms with E-state index in [1.165, 1.54) is 0 Å². The second kappa shape index (κ2) is 6.26. The molecular formula is C16H23N3O2. The molecule has 0 heterocycles. The highest BCUT2D eigenvalue weighted by molar-refractivity contribution is 5.95. The van der Waals surface area contributed by atoms with Crippen LogP contribution in [-0.2, 0) is 16.0 Å². The first-order valence-electron chi connectivity index (χ1n) is 7.32. The van der Waals surface area contributed by atoms with Crippen molar-refractivity contribution in [2.24, 2.45) is 11.1 Å². The van der Waals surface area contributed by atoms with Crippen molar-refractivity contribution in [2.45, 2.75) is 38.6 Å². The van der Waals surface area contributed by atoms with Gasteiger partial charge in [0.15, 0.2) is 0 Å². The Kier molecular flexibility index (Phi) is 4.63. The number of carbonyl (C=O) groups is 2. The minimum Gasteiger partial charge on any atom is -0.359 e. The molecule has 1 aliphatic rings. The fraction of sp³-hybridized carbons (Fsp3) is 0.500. The summed E-state index contributed by atoms with van der Waals surface area (Å²) < 4.78 is 0. The number of rotatable bonds is 4. The lowest BCUT2D eigenvalue weighted by Crippen LogP contribution is -2.44. The van der Waals surface area contributed by atoms with Gasteiger partial charge < -0.3 is 16.4 Å². The monoisotopic (exact) mass is 289 g/mol. The number of hydrogen-bond acceptors (Lipinski definition) is 3. The van der Waals surface area contributed by atoms with E-state index in [0.717, 1.165) is 30.5 Å². The Bertz CT molecular complexity index is 527. The zero-order chi connectivity index (χ0) is 15.5. The lowest BCUT2D eigenvalue weighted by atomic mass is 9.84. The van der Waals surface area contributed by atoms with Crippen LogP contribution in [0.15, 0.2) is 24.3 Å². The molecule has 1 aliphatic carbocycles. The van der Waals surface area contributed by atoms with Crippen molar-refractivity contribution in [3.8, 4) is 0 Å². The van der Waals surface area contributed by atoms with E-state index in [1.54, 1.807) is 7.05 Å². The van der Waals surface area contributed by atoms with E-state index in [1.807, 2.05) is 31.2 Å². The third kappa shape index (κ3) is 3.42. The number of anilines is 1. The smallest absolute Gasteiger partial charge is 0.231 e. The van der Waals surface area contributed by atoms with Crippen LogP contribution >= 0.6 is 0 Å². The van der Waals surface area contributed by atoms with Gasteiger partial charge in [0.05, 0.1) is 11.8 Å². The number of carbonyl (C=O) groups excluding carboxylic acids is 2. The molecule has 2 rings (SSSR count). The molecule has 1 aromatic rings. The molecule has 0 aromatic heterocycles. The van der Waals surface area contributed by atoms with Crippen LogP contribution in [0.5, 0.6) is 0 Å². The van der Waals surface area contributed by atoms with Crippen molar-refractivity contribution in [1.82, 2.24) is 5.32 Å². The van der Waals surface area contributed by atoms with Gasteiger partial charge in [-0.3, -0.25) is 9.59 Å². The van der Waals surface area contributed by atoms with Gasteiger partial charge in [0, 0.05) is 18.8 Å². The van der Waals surface area contributed by atoms with Gasteiger partial charge in [-0.15, -0.1) is 0 Å². The van der Waals surface area contributed by atoms with E-state index in [4.69, 9.17) is 5.73 Å². The normalized spacial score (nSPS) is 24.6. The maximum Gasteiger partial charge on any atom is 0.231 e. The van der Waals surface area contributed by atoms with Crippen molar-refractivity contribution in [3.63, 3.8) is 0 Å². The summed E-state index contributed by atoms with van der Waals surface area (Å²) in [6.07, 6.45) is 3.06. The van der Waals surface area contributed by atoms with Gasteiger partial charge >= 0.3 is 0 Å². The van der Waals surface area contributed by atoms with Gasteiger partial charge in [-0.25, -0.2) is 0 Å². The van der Waals surface area contributed by atoms with Gasteiger partial charge in [0.25, 0.3) is 0 Å². The second-order valence-electron chi connectivity index (χ2n) is 5.92. The number of nitrogens with one attached hydrogen (secondary N) is 2. The SMILES string of the molecule is CNC(=O)Cc1ccc(NC(=O)C2(C)CCCC2N)cc1. The lowest BCUT2D eigenvalue weighted by molar-refractivity contribution is -0.125. The van der Waals surface area contributed by atoms with Gasteiger partial charge in [-0.05, 0) is 37.5 Å². The Labute approximate surface area is 125 Å². The first kappa shape index (κ1) is 15.5. The van der Waals surface area contributed by atoms with Crippen molar-refractivity contribution in [3.05, 3.63) is 29.8 Å². The highest BCUT2D eigenvalue weighted by Crippen LogP contribution is 2.37. The fourth-order valence-corrected chi connectivity index (χ4v) is 2.73. The molecule has 1 saturated carbocycles. The molecule has 1 fully saturated rings. The summed E-state index contributed by atoms with van der Waals surface area (Å²) in [7, 11) is 1.61. The molecule has 0 saturated heterocycles. The largest absolute Gasteiger partial charge is 0.359 e. The van der Waals surface area contributed by atoms with E-state index in [-0.39, 0.29) is 17.9 Å². The molecule has 21 heavy (non-hydrogen) atoms. The maximum absolute atomic E-state index is 12.4. The molecule has 2 unspecified atom stereocenters. The summed E-state index contributed by atoms with van der Waals surface area (Å²) >= 11 is 0. The van der Waals surface area contributed by atoms with E-state index in [2.05, 4.69) is 10.6 Å². The minimum atomic E-state index is -0.485. The molecule has 5 nitrogen and oxygen atoms in total. The zero-order valence-corrected chi connectivity index (χ0v) is 12.6. The molecule has 0 bridgehead atoms. The Morgan fingerprint density at radius 1 is 1.33 bits per heavy atom. The van der Waals surface area contributed by atoms with Crippen LogP contribution in [0.1, 0.15) is 31.7 Å². The van der Waals surface area contributed by atoms with E-state index in [0.29, 0.717) is 6.42 Å². The zero-order valence-electron chi connectivity index (χ0n) is 12.6. The summed E-state index contributed by atoms with van der Waals surface area (Å²) in [6, 6.07) is 7.26. The first-order chi connectivity index (χ1) is 9.95. The number of likely N-dealkylation sites (N-methyl/N-ethyl adjacent to an activating group) is 1. The molecule has 5 heteroatoms. The van der Waals surface area contributed by atoms with Crippen LogP contribution in [0.3, 0.4) is 0 Å². The number of benzene rings is 1. The van der Waals surface area contributed by atoms with Crippen LogP contribution in [0.4, 0.5) is 5.69 Å². The highest BCUT2D eigenvalue weighted by atomic mass is 16.2. The molecule has 0 radical (unpaired) electrons. The third-order valence-corrected chi connectivity index (χ3v) is 4.40. The van der Waals surface area contributed by atoms with Gasteiger partial charge in [-0.1, -0.05) is 18.6 Å². The molecule has 0 spiro atoms. The first-order valence-corrected chi connectivity index (χ1v) is 7.32.